The smallest absolute Gasteiger partial charge is 0.407 e. The number of carbonyl (C=O) groups excluding carboxylic acids is 1. The molecule has 120 valence electrons. The monoisotopic (exact) mass is 305 g/mol. The number of ether oxygens (including phenoxy) is 1. The maximum absolute atomic E-state index is 12.7. The van der Waals surface area contributed by atoms with Gasteiger partial charge in [0.1, 0.15) is 5.60 Å². The molecule has 2 bridgehead atoms. The first-order valence-corrected chi connectivity index (χ1v) is 7.26. The highest BCUT2D eigenvalue weighted by molar-refractivity contribution is 5.67. The van der Waals surface area contributed by atoms with Crippen LogP contribution < -0.4 is 5.32 Å². The molecule has 0 aromatic heterocycles. The zero-order valence-corrected chi connectivity index (χ0v) is 12.6. The first-order valence-electron chi connectivity index (χ1n) is 7.26. The zero-order valence-electron chi connectivity index (χ0n) is 12.6. The molecule has 0 aromatic carbocycles. The van der Waals surface area contributed by atoms with Gasteiger partial charge in [-0.2, -0.15) is 13.2 Å². The van der Waals surface area contributed by atoms with Crippen molar-refractivity contribution in [2.45, 2.75) is 58.2 Å². The van der Waals surface area contributed by atoms with Crippen molar-refractivity contribution < 1.29 is 22.7 Å². The van der Waals surface area contributed by atoms with E-state index in [-0.39, 0.29) is 11.8 Å². The van der Waals surface area contributed by atoms with E-state index in [1.165, 1.54) is 0 Å². The molecule has 0 spiro atoms. The molecule has 21 heavy (non-hydrogen) atoms. The van der Waals surface area contributed by atoms with Crippen LogP contribution in [0.15, 0.2) is 11.6 Å². The van der Waals surface area contributed by atoms with Gasteiger partial charge in [-0.25, -0.2) is 4.79 Å². The van der Waals surface area contributed by atoms with Crippen LogP contribution in [0.1, 0.15) is 46.5 Å². The number of amides is 1. The van der Waals surface area contributed by atoms with Gasteiger partial charge in [-0.3, -0.25) is 0 Å². The molecule has 0 heterocycles. The second kappa shape index (κ2) is 5.21. The van der Waals surface area contributed by atoms with Crippen LogP contribution in [0.2, 0.25) is 0 Å². The number of alkyl carbamates (subject to hydrolysis) is 1. The second-order valence-electron chi connectivity index (χ2n) is 7.09. The van der Waals surface area contributed by atoms with Gasteiger partial charge in [0.25, 0.3) is 0 Å². The molecule has 3 rings (SSSR count). The molecule has 2 unspecified atom stereocenters. The van der Waals surface area contributed by atoms with E-state index in [1.54, 1.807) is 26.8 Å². The molecule has 1 amide bonds. The van der Waals surface area contributed by atoms with Gasteiger partial charge in [-0.1, -0.05) is 11.6 Å². The summed E-state index contributed by atoms with van der Waals surface area (Å²) >= 11 is 0. The summed E-state index contributed by atoms with van der Waals surface area (Å²) in [5.41, 5.74) is -0.284. The van der Waals surface area contributed by atoms with E-state index in [1.807, 2.05) is 0 Å². The largest absolute Gasteiger partial charge is 0.444 e. The zero-order chi connectivity index (χ0) is 15.9. The minimum Gasteiger partial charge on any atom is -0.444 e. The van der Waals surface area contributed by atoms with Crippen LogP contribution in [0.3, 0.4) is 0 Å². The summed E-state index contributed by atoms with van der Waals surface area (Å²) in [6.45, 7) is 5.77. The summed E-state index contributed by atoms with van der Waals surface area (Å²) in [6.07, 6.45) is -0.726. The van der Waals surface area contributed by atoms with Crippen molar-refractivity contribution >= 4 is 6.09 Å². The topological polar surface area (TPSA) is 38.3 Å². The first kappa shape index (κ1) is 16.2. The summed E-state index contributed by atoms with van der Waals surface area (Å²) in [6, 6.07) is 0. The lowest BCUT2D eigenvalue weighted by atomic mass is 9.75. The molecule has 0 aromatic rings. The lowest BCUT2D eigenvalue weighted by molar-refractivity contribution is -0.162. The number of allylic oxidation sites excluding steroid dienone is 2. The number of nitrogens with one attached hydrogen (secondary N) is 1. The number of carbonyl (C=O) groups is 1. The Bertz CT molecular complexity index is 451. The third-order valence-corrected chi connectivity index (χ3v) is 4.02. The van der Waals surface area contributed by atoms with E-state index in [0.29, 0.717) is 31.4 Å². The Balaban J connectivity index is 1.68. The third-order valence-electron chi connectivity index (χ3n) is 4.02. The van der Waals surface area contributed by atoms with E-state index in [9.17, 15) is 18.0 Å². The maximum Gasteiger partial charge on any atom is 0.407 e. The van der Waals surface area contributed by atoms with E-state index in [4.69, 9.17) is 4.74 Å². The van der Waals surface area contributed by atoms with Gasteiger partial charge in [0.05, 0.1) is 5.92 Å². The molecule has 1 saturated carbocycles. The van der Waals surface area contributed by atoms with Crippen LogP contribution in [-0.4, -0.2) is 24.4 Å². The fourth-order valence-corrected chi connectivity index (χ4v) is 3.20. The molecule has 3 nitrogen and oxygen atoms in total. The third kappa shape index (κ3) is 3.92. The first-order chi connectivity index (χ1) is 9.51. The van der Waals surface area contributed by atoms with Crippen molar-refractivity contribution in [2.24, 2.45) is 11.3 Å². The van der Waals surface area contributed by atoms with Gasteiger partial charge in [-0.05, 0) is 51.9 Å². The molecule has 1 fully saturated rings. The Morgan fingerprint density at radius 1 is 1.43 bits per heavy atom. The Hall–Kier alpha value is -1.20. The number of hydrogen-bond donors (Lipinski definition) is 1. The summed E-state index contributed by atoms with van der Waals surface area (Å²) in [5.74, 6) is -1.24. The predicted molar refractivity (Wildman–Crippen MR) is 72.8 cm³/mol. The number of hydrogen-bond acceptors (Lipinski definition) is 2. The van der Waals surface area contributed by atoms with Crippen molar-refractivity contribution in [3.63, 3.8) is 0 Å². The average Bonchev–Trinajstić information content (AvgIpc) is 2.76. The summed E-state index contributed by atoms with van der Waals surface area (Å²) in [7, 11) is 0. The molecular formula is C15H22F3NO2. The van der Waals surface area contributed by atoms with Crippen molar-refractivity contribution in [3.8, 4) is 0 Å². The van der Waals surface area contributed by atoms with Crippen LogP contribution in [0.4, 0.5) is 18.0 Å². The number of alkyl halides is 3. The lowest BCUT2D eigenvalue weighted by Crippen LogP contribution is -2.33. The number of halogens is 3. The van der Waals surface area contributed by atoms with E-state index in [0.717, 1.165) is 0 Å². The minimum atomic E-state index is -4.11. The van der Waals surface area contributed by atoms with Crippen LogP contribution in [0.5, 0.6) is 0 Å². The number of rotatable bonds is 4. The van der Waals surface area contributed by atoms with Gasteiger partial charge in [-0.15, -0.1) is 0 Å². The van der Waals surface area contributed by atoms with E-state index < -0.39 is 23.8 Å². The molecule has 0 aliphatic heterocycles. The Labute approximate surface area is 122 Å². The Kier molecular flexibility index (Phi) is 4.02. The average molecular weight is 305 g/mol. The summed E-state index contributed by atoms with van der Waals surface area (Å²) in [4.78, 5) is 11.4. The van der Waals surface area contributed by atoms with E-state index in [2.05, 4.69) is 5.32 Å². The molecule has 1 N–H and O–H groups in total. The molecule has 3 aliphatic rings. The second-order valence-corrected chi connectivity index (χ2v) is 7.09. The van der Waals surface area contributed by atoms with Crippen molar-refractivity contribution in [1.29, 1.82) is 0 Å². The molecule has 0 saturated heterocycles. The van der Waals surface area contributed by atoms with E-state index >= 15 is 0 Å². The highest BCUT2D eigenvalue weighted by Gasteiger charge is 2.57. The fourth-order valence-electron chi connectivity index (χ4n) is 3.20. The van der Waals surface area contributed by atoms with Crippen molar-refractivity contribution in [1.82, 2.24) is 5.32 Å². The van der Waals surface area contributed by atoms with Crippen LogP contribution in [0.25, 0.3) is 0 Å². The Morgan fingerprint density at radius 2 is 2.05 bits per heavy atom. The maximum atomic E-state index is 12.7. The standard InChI is InChI=1S/C15H22F3NO2/c1-13(2,3)21-12(20)19-6-4-5-14-7-10(8-14)11(9-14)15(16,17)18/h7,11H,4-6,8-9H2,1-3H3,(H,19,20). The molecule has 6 heteroatoms. The molecule has 3 aliphatic carbocycles. The summed E-state index contributed by atoms with van der Waals surface area (Å²) < 4.78 is 43.3. The molecule has 2 atom stereocenters. The number of fused-ring (bicyclic) bond motifs is 1. The van der Waals surface area contributed by atoms with Gasteiger partial charge < -0.3 is 10.1 Å². The normalized spacial score (nSPS) is 27.9. The van der Waals surface area contributed by atoms with Gasteiger partial charge >= 0.3 is 12.3 Å². The highest BCUT2D eigenvalue weighted by atomic mass is 19.4. The van der Waals surface area contributed by atoms with Gasteiger partial charge in [0.2, 0.25) is 0 Å². The van der Waals surface area contributed by atoms with Crippen molar-refractivity contribution in [2.75, 3.05) is 6.54 Å². The molecular weight excluding hydrogens is 283 g/mol. The van der Waals surface area contributed by atoms with Gasteiger partial charge in [0.15, 0.2) is 0 Å². The van der Waals surface area contributed by atoms with Crippen LogP contribution in [0, 0.1) is 11.3 Å². The fraction of sp³-hybridized carbons (Fsp3) is 0.800. The highest BCUT2D eigenvalue weighted by Crippen LogP contribution is 2.62. The Morgan fingerprint density at radius 3 is 2.52 bits per heavy atom. The quantitative estimate of drug-likeness (QED) is 0.625. The minimum absolute atomic E-state index is 0.179. The van der Waals surface area contributed by atoms with Crippen LogP contribution >= 0.6 is 0 Å². The summed E-state index contributed by atoms with van der Waals surface area (Å²) in [5, 5.41) is 2.64. The van der Waals surface area contributed by atoms with Crippen molar-refractivity contribution in [3.05, 3.63) is 11.6 Å². The molecule has 0 radical (unpaired) electrons. The predicted octanol–water partition coefficient (Wildman–Crippen LogP) is 4.19. The van der Waals surface area contributed by atoms with Gasteiger partial charge in [0, 0.05) is 6.54 Å². The SMILES string of the molecule is CC(C)(C)OC(=O)NCCCC12C=C(C1)C(C(F)(F)F)C2. The van der Waals surface area contributed by atoms with Crippen LogP contribution in [-0.2, 0) is 4.74 Å². The lowest BCUT2D eigenvalue weighted by Gasteiger charge is -2.30.